The van der Waals surface area contributed by atoms with E-state index in [0.717, 1.165) is 13.3 Å². The Labute approximate surface area is 98.7 Å². The topological polar surface area (TPSA) is 92.7 Å². The largest absolute Gasteiger partial charge is 0.502 e. The Balaban J connectivity index is 2.57. The minimum Gasteiger partial charge on any atom is -0.502 e. The third-order valence-corrected chi connectivity index (χ3v) is 3.30. The highest BCUT2D eigenvalue weighted by Gasteiger charge is 2.26. The first-order chi connectivity index (χ1) is 7.82. The molecule has 1 aliphatic heterocycles. The summed E-state index contributed by atoms with van der Waals surface area (Å²) in [6.45, 7) is 1.64. The molecule has 0 aromatic rings. The molecule has 0 amide bonds. The second kappa shape index (κ2) is 5.46. The van der Waals surface area contributed by atoms with E-state index in [1.807, 2.05) is 0 Å². The van der Waals surface area contributed by atoms with Gasteiger partial charge in [-0.1, -0.05) is 0 Å². The second-order valence-electron chi connectivity index (χ2n) is 3.70. The van der Waals surface area contributed by atoms with Crippen LogP contribution >= 0.6 is 0 Å². The molecule has 0 bridgehead atoms. The highest BCUT2D eigenvalue weighted by molar-refractivity contribution is 7.86. The number of aliphatic hydroxyl groups excluding tert-OH is 1. The molecule has 2 N–H and O–H groups in total. The van der Waals surface area contributed by atoms with Crippen LogP contribution in [-0.4, -0.2) is 37.3 Å². The fourth-order valence-corrected chi connectivity index (χ4v) is 1.56. The van der Waals surface area contributed by atoms with Crippen molar-refractivity contribution in [2.75, 3.05) is 6.54 Å². The zero-order valence-electron chi connectivity index (χ0n) is 9.22. The van der Waals surface area contributed by atoms with Gasteiger partial charge in [0.1, 0.15) is 6.26 Å². The van der Waals surface area contributed by atoms with E-state index < -0.39 is 33.2 Å². The zero-order valence-corrected chi connectivity index (χ0v) is 10.0. The number of aliphatic hydroxyl groups is 1. The van der Waals surface area contributed by atoms with Crippen molar-refractivity contribution in [3.63, 3.8) is 0 Å². The lowest BCUT2D eigenvalue weighted by Crippen LogP contribution is -2.32. The number of Topliss-reactive ketones (excluding diaryl/α,β-unsaturated/α-hetero) is 1. The molecule has 0 radical (unpaired) electrons. The highest BCUT2D eigenvalue weighted by atomic mass is 32.3. The number of nitrogens with one attached hydrogen (secondary N) is 1. The maximum atomic E-state index is 12.4. The Bertz CT molecular complexity index is 413. The number of carbonyl (C=O) groups is 1. The first-order valence-corrected chi connectivity index (χ1v) is 6.52. The lowest BCUT2D eigenvalue weighted by molar-refractivity contribution is -0.119. The molecule has 1 saturated heterocycles. The summed E-state index contributed by atoms with van der Waals surface area (Å²) in [5.74, 6) is -1.31. The Kier molecular flexibility index (Phi) is 4.47. The Hall–Kier alpha value is -1.15. The Morgan fingerprint density at radius 2 is 2.29 bits per heavy atom. The van der Waals surface area contributed by atoms with Crippen LogP contribution in [0.1, 0.15) is 19.8 Å². The molecule has 1 rings (SSSR count). The summed E-state index contributed by atoms with van der Waals surface area (Å²) in [5, 5.41) is 12.2. The highest BCUT2D eigenvalue weighted by Crippen LogP contribution is 2.11. The lowest BCUT2D eigenvalue weighted by atomic mass is 10.1. The van der Waals surface area contributed by atoms with E-state index >= 15 is 0 Å². The molecular weight excluding hydrogens is 253 g/mol. The van der Waals surface area contributed by atoms with Crippen LogP contribution in [0.4, 0.5) is 3.89 Å². The smallest absolute Gasteiger partial charge is 0.340 e. The van der Waals surface area contributed by atoms with E-state index in [2.05, 4.69) is 10.1 Å². The van der Waals surface area contributed by atoms with Gasteiger partial charge >= 0.3 is 10.2 Å². The van der Waals surface area contributed by atoms with Gasteiger partial charge in [-0.05, 0) is 26.3 Å². The van der Waals surface area contributed by atoms with Crippen molar-refractivity contribution < 1.29 is 26.9 Å². The fraction of sp³-hybridized carbons (Fsp3) is 0.667. The SMILES string of the molecule is CC(OC=C(O)C(=O)C1CCCN1)S(=O)(=O)F. The number of hydrogen-bond acceptors (Lipinski definition) is 6. The third kappa shape index (κ3) is 3.97. The van der Waals surface area contributed by atoms with Crippen molar-refractivity contribution in [3.05, 3.63) is 12.0 Å². The summed E-state index contributed by atoms with van der Waals surface area (Å²) in [5.41, 5.74) is -1.76. The summed E-state index contributed by atoms with van der Waals surface area (Å²) in [4.78, 5) is 11.5. The molecule has 0 aromatic carbocycles. The molecule has 2 atom stereocenters. The van der Waals surface area contributed by atoms with Gasteiger partial charge in [-0.15, -0.1) is 3.89 Å². The van der Waals surface area contributed by atoms with Crippen LogP contribution in [0.3, 0.4) is 0 Å². The normalized spacial score (nSPS) is 23.4. The number of ether oxygens (including phenoxy) is 1. The molecule has 98 valence electrons. The number of ketones is 1. The monoisotopic (exact) mass is 267 g/mol. The number of halogens is 1. The molecular formula is C9H14FNO5S. The van der Waals surface area contributed by atoms with E-state index in [1.165, 1.54) is 0 Å². The van der Waals surface area contributed by atoms with Gasteiger partial charge in [0.25, 0.3) is 0 Å². The van der Waals surface area contributed by atoms with Gasteiger partial charge in [-0.3, -0.25) is 4.79 Å². The summed E-state index contributed by atoms with van der Waals surface area (Å²) in [6, 6.07) is -0.493. The molecule has 17 heavy (non-hydrogen) atoms. The standard InChI is InChI=1S/C9H14FNO5S/c1-6(17(10,14)15)16-5-8(12)9(13)7-3-2-4-11-7/h5-7,11-12H,2-4H2,1H3. The van der Waals surface area contributed by atoms with Crippen LogP contribution in [0, 0.1) is 0 Å². The maximum absolute atomic E-state index is 12.4. The molecule has 6 nitrogen and oxygen atoms in total. The van der Waals surface area contributed by atoms with E-state index in [9.17, 15) is 22.2 Å². The third-order valence-electron chi connectivity index (χ3n) is 2.40. The molecule has 0 aliphatic carbocycles. The van der Waals surface area contributed by atoms with Gasteiger partial charge in [0.05, 0.1) is 6.04 Å². The first kappa shape index (κ1) is 13.9. The molecule has 1 heterocycles. The Morgan fingerprint density at radius 3 is 2.76 bits per heavy atom. The quantitative estimate of drug-likeness (QED) is 0.424. The van der Waals surface area contributed by atoms with Crippen LogP contribution in [-0.2, 0) is 19.8 Å². The van der Waals surface area contributed by atoms with Crippen LogP contribution < -0.4 is 5.32 Å². The molecule has 0 spiro atoms. The predicted octanol–water partition coefficient (Wildman–Crippen LogP) is 0.369. The van der Waals surface area contributed by atoms with Crippen LogP contribution in [0.2, 0.25) is 0 Å². The van der Waals surface area contributed by atoms with Gasteiger partial charge in [0.2, 0.25) is 11.2 Å². The van der Waals surface area contributed by atoms with Crippen LogP contribution in [0.5, 0.6) is 0 Å². The molecule has 1 fully saturated rings. The first-order valence-electron chi connectivity index (χ1n) is 5.08. The van der Waals surface area contributed by atoms with Crippen molar-refractivity contribution >= 4 is 16.0 Å². The van der Waals surface area contributed by atoms with Gasteiger partial charge in [-0.2, -0.15) is 8.42 Å². The average Bonchev–Trinajstić information content (AvgIpc) is 2.76. The van der Waals surface area contributed by atoms with Crippen molar-refractivity contribution in [2.45, 2.75) is 31.2 Å². The van der Waals surface area contributed by atoms with Gasteiger partial charge in [0, 0.05) is 0 Å². The number of carbonyl (C=O) groups excluding carboxylic acids is 1. The number of hydrogen-bond donors (Lipinski definition) is 2. The molecule has 2 unspecified atom stereocenters. The zero-order chi connectivity index (χ0) is 13.1. The van der Waals surface area contributed by atoms with Gasteiger partial charge in [0.15, 0.2) is 5.76 Å². The minimum atomic E-state index is -4.85. The van der Waals surface area contributed by atoms with Crippen LogP contribution in [0.25, 0.3) is 0 Å². The molecule has 1 aliphatic rings. The fourth-order valence-electron chi connectivity index (χ4n) is 1.37. The lowest BCUT2D eigenvalue weighted by Gasteiger charge is -2.09. The van der Waals surface area contributed by atoms with Gasteiger partial charge in [-0.25, -0.2) is 0 Å². The van der Waals surface area contributed by atoms with Crippen molar-refractivity contribution in [1.82, 2.24) is 5.32 Å². The van der Waals surface area contributed by atoms with Crippen molar-refractivity contribution in [2.24, 2.45) is 0 Å². The second-order valence-corrected chi connectivity index (χ2v) is 5.31. The van der Waals surface area contributed by atoms with E-state index in [-0.39, 0.29) is 0 Å². The van der Waals surface area contributed by atoms with Crippen molar-refractivity contribution in [1.29, 1.82) is 0 Å². The average molecular weight is 267 g/mol. The van der Waals surface area contributed by atoms with Crippen molar-refractivity contribution in [3.8, 4) is 0 Å². The van der Waals surface area contributed by atoms with E-state index in [0.29, 0.717) is 19.2 Å². The summed E-state index contributed by atoms with van der Waals surface area (Å²) < 4.78 is 37.5. The Morgan fingerprint density at radius 1 is 1.65 bits per heavy atom. The van der Waals surface area contributed by atoms with Gasteiger partial charge < -0.3 is 15.2 Å². The summed E-state index contributed by atoms with van der Waals surface area (Å²) >= 11 is 0. The maximum Gasteiger partial charge on any atom is 0.340 e. The number of rotatable bonds is 5. The van der Waals surface area contributed by atoms with E-state index in [1.54, 1.807) is 0 Å². The summed E-state index contributed by atoms with van der Waals surface area (Å²) in [7, 11) is -4.85. The molecule has 0 aromatic heterocycles. The van der Waals surface area contributed by atoms with Crippen LogP contribution in [0.15, 0.2) is 12.0 Å². The summed E-state index contributed by atoms with van der Waals surface area (Å²) in [6.07, 6.45) is 1.97. The molecule has 0 saturated carbocycles. The van der Waals surface area contributed by atoms with E-state index in [4.69, 9.17) is 0 Å². The minimum absolute atomic E-state index is 0.493. The molecule has 8 heteroatoms. The predicted molar refractivity (Wildman–Crippen MR) is 57.3 cm³/mol.